The van der Waals surface area contributed by atoms with Crippen LogP contribution in [0.4, 0.5) is 17.6 Å². The van der Waals surface area contributed by atoms with Crippen LogP contribution < -0.4 is 21.3 Å². The Labute approximate surface area is 254 Å². The van der Waals surface area contributed by atoms with E-state index in [-0.39, 0.29) is 47.8 Å². The van der Waals surface area contributed by atoms with Crippen LogP contribution in [0.3, 0.4) is 0 Å². The first-order chi connectivity index (χ1) is 20.9. The molecular weight excluding hydrogens is 606 g/mol. The normalized spacial score (nSPS) is 12.2. The summed E-state index contributed by atoms with van der Waals surface area (Å²) in [5.74, 6) is -1.95. The Morgan fingerprint density at radius 2 is 1.73 bits per heavy atom. The first-order valence-electron chi connectivity index (χ1n) is 13.4. The van der Waals surface area contributed by atoms with Gasteiger partial charge in [0.25, 0.3) is 5.56 Å². The van der Waals surface area contributed by atoms with E-state index in [9.17, 15) is 31.9 Å². The van der Waals surface area contributed by atoms with Crippen LogP contribution in [0.5, 0.6) is 5.75 Å². The molecule has 0 fully saturated rings. The maximum absolute atomic E-state index is 14.9. The van der Waals surface area contributed by atoms with Crippen LogP contribution in [-0.4, -0.2) is 33.9 Å². The average Bonchev–Trinajstić information content (AvgIpc) is 2.98. The summed E-state index contributed by atoms with van der Waals surface area (Å²) >= 11 is 6.51. The Hall–Kier alpha value is -4.42. The minimum absolute atomic E-state index is 0.0251. The Balaban J connectivity index is 1.90. The van der Waals surface area contributed by atoms with Crippen LogP contribution in [-0.2, 0) is 24.1 Å². The van der Waals surface area contributed by atoms with Gasteiger partial charge >= 0.3 is 17.8 Å². The highest BCUT2D eigenvalue weighted by Gasteiger charge is 2.35. The van der Waals surface area contributed by atoms with E-state index in [0.717, 1.165) is 27.5 Å². The van der Waals surface area contributed by atoms with Gasteiger partial charge in [0.1, 0.15) is 11.6 Å². The zero-order chi connectivity index (χ0) is 32.0. The molecule has 1 heterocycles. The van der Waals surface area contributed by atoms with Gasteiger partial charge in [0, 0.05) is 23.7 Å². The molecule has 0 spiro atoms. The zero-order valence-corrected chi connectivity index (χ0v) is 24.2. The van der Waals surface area contributed by atoms with E-state index in [1.165, 1.54) is 13.2 Å². The van der Waals surface area contributed by atoms with Crippen molar-refractivity contribution in [3.8, 4) is 16.9 Å². The van der Waals surface area contributed by atoms with Crippen LogP contribution in [0.1, 0.15) is 35.6 Å². The van der Waals surface area contributed by atoms with E-state index in [2.05, 4.69) is 5.32 Å². The van der Waals surface area contributed by atoms with Gasteiger partial charge in [-0.3, -0.25) is 18.7 Å². The van der Waals surface area contributed by atoms with E-state index in [1.807, 2.05) is 0 Å². The van der Waals surface area contributed by atoms with E-state index >= 15 is 0 Å². The van der Waals surface area contributed by atoms with E-state index in [0.29, 0.717) is 11.6 Å². The molecule has 2 N–H and O–H groups in total. The number of carboxylic acid groups (broad SMARTS) is 1. The average molecular weight is 634 g/mol. The molecule has 0 bridgehead atoms. The van der Waals surface area contributed by atoms with Crippen LogP contribution in [0.2, 0.25) is 5.02 Å². The maximum Gasteiger partial charge on any atom is 0.416 e. The third-order valence-corrected chi connectivity index (χ3v) is 7.38. The Morgan fingerprint density at radius 1 is 1.02 bits per heavy atom. The Morgan fingerprint density at radius 3 is 2.39 bits per heavy atom. The lowest BCUT2D eigenvalue weighted by Gasteiger charge is -2.22. The van der Waals surface area contributed by atoms with Crippen molar-refractivity contribution in [1.29, 1.82) is 0 Å². The largest absolute Gasteiger partial charge is 0.495 e. The van der Waals surface area contributed by atoms with Crippen molar-refractivity contribution in [3.63, 3.8) is 0 Å². The van der Waals surface area contributed by atoms with Gasteiger partial charge in [-0.05, 0) is 36.7 Å². The zero-order valence-electron chi connectivity index (χ0n) is 23.4. The number of benzene rings is 3. The quantitative estimate of drug-likeness (QED) is 0.152. The highest BCUT2D eigenvalue weighted by molar-refractivity contribution is 6.34. The van der Waals surface area contributed by atoms with Gasteiger partial charge in [0.15, 0.2) is 0 Å². The fraction of sp³-hybridized carbons (Fsp3) is 0.258. The lowest BCUT2D eigenvalue weighted by molar-refractivity contribution is -0.138. The highest BCUT2D eigenvalue weighted by Crippen LogP contribution is 2.35. The number of hydrogen-bond donors (Lipinski definition) is 2. The predicted molar refractivity (Wildman–Crippen MR) is 157 cm³/mol. The number of halogens is 5. The molecule has 0 aliphatic rings. The second-order valence-corrected chi connectivity index (χ2v) is 10.2. The molecule has 232 valence electrons. The van der Waals surface area contributed by atoms with Crippen LogP contribution >= 0.6 is 11.6 Å². The van der Waals surface area contributed by atoms with Gasteiger partial charge in [-0.1, -0.05) is 60.1 Å². The molecule has 0 aliphatic heterocycles. The number of alkyl halides is 3. The fourth-order valence-electron chi connectivity index (χ4n) is 4.82. The number of rotatable bonds is 12. The molecule has 3 aromatic carbocycles. The fourth-order valence-corrected chi connectivity index (χ4v) is 5.12. The molecular formula is C31H28ClF4N3O5. The number of aromatic nitrogens is 2. The molecule has 44 heavy (non-hydrogen) atoms. The molecule has 4 aromatic rings. The highest BCUT2D eigenvalue weighted by atomic mass is 35.5. The van der Waals surface area contributed by atoms with Crippen molar-refractivity contribution in [1.82, 2.24) is 14.5 Å². The lowest BCUT2D eigenvalue weighted by atomic mass is 10.0. The van der Waals surface area contributed by atoms with Crippen LogP contribution in [0, 0.1) is 5.82 Å². The number of ether oxygens (including phenoxy) is 1. The molecule has 1 aromatic heterocycles. The topological polar surface area (TPSA) is 103 Å². The number of carboxylic acids is 1. The smallest absolute Gasteiger partial charge is 0.416 e. The van der Waals surface area contributed by atoms with Gasteiger partial charge in [-0.25, -0.2) is 9.18 Å². The summed E-state index contributed by atoms with van der Waals surface area (Å²) in [6, 6.07) is 15.1. The molecule has 0 unspecified atom stereocenters. The molecule has 4 rings (SSSR count). The van der Waals surface area contributed by atoms with E-state index in [4.69, 9.17) is 21.4 Å². The minimum atomic E-state index is -4.91. The second kappa shape index (κ2) is 13.9. The van der Waals surface area contributed by atoms with E-state index in [1.54, 1.807) is 42.5 Å². The van der Waals surface area contributed by atoms with Gasteiger partial charge in [0.2, 0.25) is 0 Å². The summed E-state index contributed by atoms with van der Waals surface area (Å²) < 4.78 is 63.3. The number of nitrogens with one attached hydrogen (secondary N) is 1. The van der Waals surface area contributed by atoms with Gasteiger partial charge in [-0.15, -0.1) is 0 Å². The Kier molecular flexibility index (Phi) is 10.3. The molecule has 0 amide bonds. The van der Waals surface area contributed by atoms with Crippen molar-refractivity contribution >= 4 is 17.6 Å². The summed E-state index contributed by atoms with van der Waals surface area (Å²) in [6.07, 6.45) is -3.71. The minimum Gasteiger partial charge on any atom is -0.495 e. The number of nitrogens with zero attached hydrogens (tertiary/aromatic N) is 2. The standard InChI is InChI=1S/C31H28ClF4N3O5/c1-44-26-13-5-10-20(28(26)32)21-16-38(17-22-23(31(34,35)36)11-6-12-24(22)33)30(43)39(29(21)42)18-25(19-8-3-2-4-9-19)37-15-7-14-27(40)41/h2-6,8-13,16,25,37H,7,14-15,17-18H2,1H3,(H,40,41)/t25-/m0/s1. The van der Waals surface area contributed by atoms with Gasteiger partial charge in [0.05, 0.1) is 42.4 Å². The first kappa shape index (κ1) is 32.5. The van der Waals surface area contributed by atoms with Crippen molar-refractivity contribution in [3.05, 3.63) is 121 Å². The van der Waals surface area contributed by atoms with Crippen molar-refractivity contribution in [2.24, 2.45) is 0 Å². The summed E-state index contributed by atoms with van der Waals surface area (Å²) in [6.45, 7) is -0.898. The first-order valence-corrected chi connectivity index (χ1v) is 13.8. The molecule has 8 nitrogen and oxygen atoms in total. The number of carbonyl (C=O) groups is 1. The SMILES string of the molecule is COc1cccc(-c2cn(Cc3c(F)cccc3C(F)(F)F)c(=O)n(C[C@H](NCCCC(=O)O)c3ccccc3)c2=O)c1Cl. The molecule has 13 heteroatoms. The predicted octanol–water partition coefficient (Wildman–Crippen LogP) is 5.74. The maximum atomic E-state index is 14.9. The number of hydrogen-bond acceptors (Lipinski definition) is 5. The number of methoxy groups -OCH3 is 1. The monoisotopic (exact) mass is 633 g/mol. The van der Waals surface area contributed by atoms with Crippen molar-refractivity contribution < 1.29 is 32.2 Å². The molecule has 1 atom stereocenters. The van der Waals surface area contributed by atoms with Gasteiger partial charge in [-0.2, -0.15) is 13.2 Å². The third kappa shape index (κ3) is 7.37. The molecule has 0 saturated heterocycles. The van der Waals surface area contributed by atoms with Crippen molar-refractivity contribution in [2.75, 3.05) is 13.7 Å². The van der Waals surface area contributed by atoms with Gasteiger partial charge < -0.3 is 15.2 Å². The second-order valence-electron chi connectivity index (χ2n) is 9.87. The molecule has 0 aliphatic carbocycles. The summed E-state index contributed by atoms with van der Waals surface area (Å²) in [5, 5.41) is 12.2. The summed E-state index contributed by atoms with van der Waals surface area (Å²) in [4.78, 5) is 38.7. The molecule has 0 saturated carbocycles. The lowest BCUT2D eigenvalue weighted by Crippen LogP contribution is -2.43. The molecule has 0 radical (unpaired) electrons. The van der Waals surface area contributed by atoms with Crippen LogP contribution in [0.25, 0.3) is 11.1 Å². The summed E-state index contributed by atoms with van der Waals surface area (Å²) in [7, 11) is 1.36. The Bertz CT molecular complexity index is 1760. The summed E-state index contributed by atoms with van der Waals surface area (Å²) in [5.41, 5.74) is -3.13. The number of aliphatic carboxylic acids is 1. The van der Waals surface area contributed by atoms with E-state index < -0.39 is 52.9 Å². The third-order valence-electron chi connectivity index (χ3n) is 6.99. The van der Waals surface area contributed by atoms with Crippen LogP contribution in [0.15, 0.2) is 82.5 Å². The van der Waals surface area contributed by atoms with Crippen molar-refractivity contribution in [2.45, 2.75) is 38.1 Å².